The van der Waals surface area contributed by atoms with E-state index in [0.29, 0.717) is 21.5 Å². The number of methoxy groups -OCH3 is 1. The predicted molar refractivity (Wildman–Crippen MR) is 122 cm³/mol. The molecule has 0 aliphatic rings. The third kappa shape index (κ3) is 7.14. The highest BCUT2D eigenvalue weighted by Gasteiger charge is 2.12. The van der Waals surface area contributed by atoms with Gasteiger partial charge in [-0.15, -0.1) is 0 Å². The molecular formula is C22H28BrCl2NO2. The van der Waals surface area contributed by atoms with Crippen LogP contribution in [0.4, 0.5) is 0 Å². The molecular weight excluding hydrogens is 461 g/mol. The molecule has 1 N–H and O–H groups in total. The van der Waals surface area contributed by atoms with E-state index >= 15 is 0 Å². The lowest BCUT2D eigenvalue weighted by Crippen LogP contribution is -2.15. The standard InChI is InChI=1S/C22H28BrCl2NO2/c1-3-4-5-6-7-11-26-14-16-12-21(27-2)22(13-18(16)23)28-15-17-19(24)9-8-10-20(17)25/h8-10,12-13,26H,3-7,11,14-15H2,1-2H3. The molecule has 0 aliphatic carbocycles. The van der Waals surface area contributed by atoms with Gasteiger partial charge in [0.1, 0.15) is 6.61 Å². The molecule has 0 bridgehead atoms. The summed E-state index contributed by atoms with van der Waals surface area (Å²) in [7, 11) is 1.64. The topological polar surface area (TPSA) is 30.5 Å². The van der Waals surface area contributed by atoms with Crippen molar-refractivity contribution in [2.45, 2.75) is 52.2 Å². The summed E-state index contributed by atoms with van der Waals surface area (Å²) in [5.41, 5.74) is 1.89. The average Bonchev–Trinajstić information content (AvgIpc) is 2.68. The van der Waals surface area contributed by atoms with Gasteiger partial charge >= 0.3 is 0 Å². The van der Waals surface area contributed by atoms with Crippen molar-refractivity contribution in [2.24, 2.45) is 0 Å². The number of hydrogen-bond acceptors (Lipinski definition) is 3. The summed E-state index contributed by atoms with van der Waals surface area (Å²) in [6, 6.07) is 9.35. The van der Waals surface area contributed by atoms with Crippen molar-refractivity contribution in [3.05, 3.63) is 56.0 Å². The Morgan fingerprint density at radius 3 is 2.39 bits per heavy atom. The maximum atomic E-state index is 6.22. The Kier molecular flexibility index (Phi) is 10.5. The lowest BCUT2D eigenvalue weighted by molar-refractivity contribution is 0.284. The molecule has 0 spiro atoms. The normalized spacial score (nSPS) is 10.9. The first kappa shape index (κ1) is 23.3. The van der Waals surface area contributed by atoms with E-state index in [1.807, 2.05) is 18.2 Å². The van der Waals surface area contributed by atoms with E-state index in [0.717, 1.165) is 28.7 Å². The molecule has 0 atom stereocenters. The quantitative estimate of drug-likeness (QED) is 0.315. The van der Waals surface area contributed by atoms with Crippen LogP contribution in [0.1, 0.15) is 50.2 Å². The number of benzene rings is 2. The largest absolute Gasteiger partial charge is 0.493 e. The molecule has 0 amide bonds. The zero-order valence-electron chi connectivity index (χ0n) is 16.5. The van der Waals surface area contributed by atoms with Crippen LogP contribution in [-0.2, 0) is 13.2 Å². The van der Waals surface area contributed by atoms with Gasteiger partial charge in [-0.25, -0.2) is 0 Å². The van der Waals surface area contributed by atoms with Crippen molar-refractivity contribution in [2.75, 3.05) is 13.7 Å². The van der Waals surface area contributed by atoms with Crippen LogP contribution in [0, 0.1) is 0 Å². The van der Waals surface area contributed by atoms with E-state index in [2.05, 4.69) is 28.2 Å². The summed E-state index contributed by atoms with van der Waals surface area (Å²) >= 11 is 16.1. The third-order valence-corrected chi connectivity index (χ3v) is 5.99. The molecule has 0 fully saturated rings. The molecule has 6 heteroatoms. The Morgan fingerprint density at radius 1 is 1.00 bits per heavy atom. The minimum Gasteiger partial charge on any atom is -0.493 e. The van der Waals surface area contributed by atoms with Crippen LogP contribution in [0.15, 0.2) is 34.8 Å². The minimum absolute atomic E-state index is 0.274. The molecule has 2 aromatic carbocycles. The van der Waals surface area contributed by atoms with Crippen LogP contribution < -0.4 is 14.8 Å². The summed E-state index contributed by atoms with van der Waals surface area (Å²) < 4.78 is 12.4. The van der Waals surface area contributed by atoms with Crippen molar-refractivity contribution in [1.82, 2.24) is 5.32 Å². The number of hydrogen-bond donors (Lipinski definition) is 1. The molecule has 0 heterocycles. The van der Waals surface area contributed by atoms with Crippen molar-refractivity contribution < 1.29 is 9.47 Å². The van der Waals surface area contributed by atoms with E-state index in [-0.39, 0.29) is 6.61 Å². The monoisotopic (exact) mass is 487 g/mol. The fourth-order valence-corrected chi connectivity index (χ4v) is 3.85. The highest BCUT2D eigenvalue weighted by Crippen LogP contribution is 2.35. The van der Waals surface area contributed by atoms with Gasteiger partial charge in [-0.05, 0) is 42.8 Å². The van der Waals surface area contributed by atoms with E-state index in [1.54, 1.807) is 19.2 Å². The maximum Gasteiger partial charge on any atom is 0.162 e. The van der Waals surface area contributed by atoms with Gasteiger partial charge in [-0.3, -0.25) is 0 Å². The maximum absolute atomic E-state index is 6.22. The molecule has 3 nitrogen and oxygen atoms in total. The van der Waals surface area contributed by atoms with E-state index < -0.39 is 0 Å². The van der Waals surface area contributed by atoms with Crippen LogP contribution in [0.5, 0.6) is 11.5 Å². The zero-order chi connectivity index (χ0) is 20.4. The summed E-state index contributed by atoms with van der Waals surface area (Å²) in [5.74, 6) is 1.33. The molecule has 0 aromatic heterocycles. The smallest absolute Gasteiger partial charge is 0.162 e. The molecule has 0 unspecified atom stereocenters. The van der Waals surface area contributed by atoms with Crippen LogP contribution >= 0.6 is 39.1 Å². The van der Waals surface area contributed by atoms with Gasteiger partial charge in [0.2, 0.25) is 0 Å². The van der Waals surface area contributed by atoms with Gasteiger partial charge < -0.3 is 14.8 Å². The van der Waals surface area contributed by atoms with Crippen LogP contribution in [-0.4, -0.2) is 13.7 Å². The Bertz CT molecular complexity index is 735. The second kappa shape index (κ2) is 12.6. The summed E-state index contributed by atoms with van der Waals surface area (Å²) in [6.45, 7) is 4.30. The van der Waals surface area contributed by atoms with Gasteiger partial charge in [0.15, 0.2) is 11.5 Å². The summed E-state index contributed by atoms with van der Waals surface area (Å²) in [5, 5.41) is 4.68. The Morgan fingerprint density at radius 2 is 1.71 bits per heavy atom. The zero-order valence-corrected chi connectivity index (χ0v) is 19.6. The second-order valence-corrected chi connectivity index (χ2v) is 8.34. The van der Waals surface area contributed by atoms with Gasteiger partial charge in [0.25, 0.3) is 0 Å². The van der Waals surface area contributed by atoms with Gasteiger partial charge in [-0.2, -0.15) is 0 Å². The lowest BCUT2D eigenvalue weighted by atomic mass is 10.1. The number of ether oxygens (including phenoxy) is 2. The molecule has 154 valence electrons. The van der Waals surface area contributed by atoms with Crippen molar-refractivity contribution >= 4 is 39.1 Å². The Hall–Kier alpha value is -0.940. The van der Waals surface area contributed by atoms with Gasteiger partial charge in [0.05, 0.1) is 7.11 Å². The SMILES string of the molecule is CCCCCCCNCc1cc(OC)c(OCc2c(Cl)cccc2Cl)cc1Br. The van der Waals surface area contributed by atoms with Crippen LogP contribution in [0.3, 0.4) is 0 Å². The fraction of sp³-hybridized carbons (Fsp3) is 0.455. The molecule has 0 aliphatic heterocycles. The lowest BCUT2D eigenvalue weighted by Gasteiger charge is -2.15. The number of halogens is 3. The van der Waals surface area contributed by atoms with Crippen molar-refractivity contribution in [1.29, 1.82) is 0 Å². The van der Waals surface area contributed by atoms with Crippen LogP contribution in [0.2, 0.25) is 10.0 Å². The Balaban J connectivity index is 1.95. The average molecular weight is 489 g/mol. The molecule has 0 saturated heterocycles. The molecule has 2 rings (SSSR count). The second-order valence-electron chi connectivity index (χ2n) is 6.67. The van der Waals surface area contributed by atoms with Gasteiger partial charge in [0, 0.05) is 26.6 Å². The third-order valence-electron chi connectivity index (χ3n) is 4.54. The van der Waals surface area contributed by atoms with E-state index in [1.165, 1.54) is 32.1 Å². The number of nitrogens with one attached hydrogen (secondary N) is 1. The molecule has 2 aromatic rings. The predicted octanol–water partition coefficient (Wildman–Crippen LogP) is 7.40. The Labute approximate surface area is 186 Å². The molecule has 0 radical (unpaired) electrons. The highest BCUT2D eigenvalue weighted by atomic mass is 79.9. The first-order valence-corrected chi connectivity index (χ1v) is 11.2. The molecule has 28 heavy (non-hydrogen) atoms. The van der Waals surface area contributed by atoms with Crippen molar-refractivity contribution in [3.63, 3.8) is 0 Å². The molecule has 0 saturated carbocycles. The first-order chi connectivity index (χ1) is 13.6. The van der Waals surface area contributed by atoms with E-state index in [9.17, 15) is 0 Å². The first-order valence-electron chi connectivity index (χ1n) is 9.69. The summed E-state index contributed by atoms with van der Waals surface area (Å²) in [6.07, 6.45) is 6.40. The fourth-order valence-electron chi connectivity index (χ4n) is 2.88. The summed E-state index contributed by atoms with van der Waals surface area (Å²) in [4.78, 5) is 0. The highest BCUT2D eigenvalue weighted by molar-refractivity contribution is 9.10. The van der Waals surface area contributed by atoms with E-state index in [4.69, 9.17) is 32.7 Å². The van der Waals surface area contributed by atoms with Gasteiger partial charge in [-0.1, -0.05) is 77.8 Å². The number of unbranched alkanes of at least 4 members (excludes halogenated alkanes) is 4. The van der Waals surface area contributed by atoms with Crippen LogP contribution in [0.25, 0.3) is 0 Å². The number of rotatable bonds is 12. The van der Waals surface area contributed by atoms with Crippen molar-refractivity contribution in [3.8, 4) is 11.5 Å². The minimum atomic E-state index is 0.274.